The van der Waals surface area contributed by atoms with Gasteiger partial charge in [-0.25, -0.2) is 4.98 Å². The molecule has 0 spiro atoms. The van der Waals surface area contributed by atoms with Crippen molar-refractivity contribution in [1.82, 2.24) is 20.2 Å². The zero-order valence-electron chi connectivity index (χ0n) is 17.9. The van der Waals surface area contributed by atoms with Gasteiger partial charge in [-0.2, -0.15) is 8.78 Å². The Hall–Kier alpha value is -3.56. The number of para-hydroxylation sites is 2. The van der Waals surface area contributed by atoms with Gasteiger partial charge < -0.3 is 29.4 Å². The number of aromatic nitrogens is 2. The van der Waals surface area contributed by atoms with Gasteiger partial charge in [0.1, 0.15) is 11.6 Å². The number of halogens is 2. The summed E-state index contributed by atoms with van der Waals surface area (Å²) in [5, 5.41) is 6.37. The molecule has 2 N–H and O–H groups in total. The van der Waals surface area contributed by atoms with Crippen LogP contribution in [-0.4, -0.2) is 42.5 Å². The first-order valence-electron chi connectivity index (χ1n) is 10.3. The number of nitrogens with one attached hydrogen (secondary N) is 2. The lowest BCUT2D eigenvalue weighted by molar-refractivity contribution is -0.0505. The van der Waals surface area contributed by atoms with Crippen molar-refractivity contribution in [1.29, 1.82) is 0 Å². The molecule has 2 heterocycles. The lowest BCUT2D eigenvalue weighted by Gasteiger charge is -2.15. The van der Waals surface area contributed by atoms with Gasteiger partial charge in [0.25, 0.3) is 0 Å². The van der Waals surface area contributed by atoms with Gasteiger partial charge >= 0.3 is 6.61 Å². The smallest absolute Gasteiger partial charge is 0.387 e. The second-order valence-corrected chi connectivity index (χ2v) is 7.20. The molecular weight excluding hydrogens is 420 g/mol. The van der Waals surface area contributed by atoms with Crippen LogP contribution in [0.5, 0.6) is 17.2 Å². The molecule has 4 rings (SSSR count). The first-order chi connectivity index (χ1) is 15.5. The van der Waals surface area contributed by atoms with Gasteiger partial charge in [0.2, 0.25) is 6.79 Å². The number of guanidine groups is 1. The number of nitrogens with zero attached hydrogens (tertiary/aromatic N) is 3. The first-order valence-corrected chi connectivity index (χ1v) is 10.3. The van der Waals surface area contributed by atoms with Crippen LogP contribution in [0.4, 0.5) is 8.78 Å². The van der Waals surface area contributed by atoms with E-state index in [4.69, 9.17) is 9.47 Å². The highest BCUT2D eigenvalue weighted by molar-refractivity contribution is 5.79. The summed E-state index contributed by atoms with van der Waals surface area (Å²) in [5.74, 6) is 2.44. The first kappa shape index (κ1) is 21.7. The monoisotopic (exact) mass is 445 g/mol. The van der Waals surface area contributed by atoms with E-state index in [9.17, 15) is 8.78 Å². The molecule has 10 heteroatoms. The number of imidazole rings is 1. The summed E-state index contributed by atoms with van der Waals surface area (Å²) in [4.78, 5) is 8.78. The van der Waals surface area contributed by atoms with E-state index in [0.29, 0.717) is 29.6 Å². The fourth-order valence-electron chi connectivity index (χ4n) is 3.63. The van der Waals surface area contributed by atoms with Crippen LogP contribution in [0.15, 0.2) is 41.4 Å². The molecule has 8 nitrogen and oxygen atoms in total. The maximum atomic E-state index is 12.8. The molecule has 0 amide bonds. The normalized spacial score (nSPS) is 13.1. The molecule has 32 heavy (non-hydrogen) atoms. The molecule has 0 radical (unpaired) electrons. The molecule has 0 atom stereocenters. The fraction of sp³-hybridized carbons (Fsp3) is 0.364. The zero-order chi connectivity index (χ0) is 22.5. The third-order valence-electron chi connectivity index (χ3n) is 5.14. The average molecular weight is 445 g/mol. The quantitative estimate of drug-likeness (QED) is 0.314. The van der Waals surface area contributed by atoms with Crippen molar-refractivity contribution in [3.8, 4) is 17.2 Å². The van der Waals surface area contributed by atoms with Crippen molar-refractivity contribution in [2.75, 3.05) is 20.4 Å². The number of ether oxygens (including phenoxy) is 3. The highest BCUT2D eigenvalue weighted by Crippen LogP contribution is 2.38. The maximum absolute atomic E-state index is 12.8. The number of rotatable bonds is 8. The summed E-state index contributed by atoms with van der Waals surface area (Å²) in [6, 6.07) is 11.1. The van der Waals surface area contributed by atoms with Crippen molar-refractivity contribution in [2.45, 2.75) is 33.0 Å². The number of benzene rings is 2. The molecule has 1 aliphatic heterocycles. The molecule has 0 bridgehead atoms. The molecule has 0 saturated carbocycles. The van der Waals surface area contributed by atoms with Crippen LogP contribution in [-0.2, 0) is 13.1 Å². The van der Waals surface area contributed by atoms with E-state index in [-0.39, 0.29) is 19.1 Å². The van der Waals surface area contributed by atoms with Crippen LogP contribution >= 0.6 is 0 Å². The predicted molar refractivity (Wildman–Crippen MR) is 116 cm³/mol. The van der Waals surface area contributed by atoms with Gasteiger partial charge in [-0.1, -0.05) is 12.1 Å². The van der Waals surface area contributed by atoms with Gasteiger partial charge in [-0.3, -0.25) is 4.99 Å². The van der Waals surface area contributed by atoms with Gasteiger partial charge in [-0.05, 0) is 31.5 Å². The largest absolute Gasteiger partial charge is 0.454 e. The number of fused-ring (bicyclic) bond motifs is 2. The Labute approximate surface area is 184 Å². The molecule has 170 valence electrons. The van der Waals surface area contributed by atoms with Crippen LogP contribution in [0.25, 0.3) is 11.0 Å². The Morgan fingerprint density at radius 3 is 2.78 bits per heavy atom. The van der Waals surface area contributed by atoms with E-state index >= 15 is 0 Å². The van der Waals surface area contributed by atoms with E-state index in [0.717, 1.165) is 29.8 Å². The summed E-state index contributed by atoms with van der Waals surface area (Å²) < 4.78 is 43.0. The topological polar surface area (TPSA) is 81.9 Å². The summed E-state index contributed by atoms with van der Waals surface area (Å²) in [7, 11) is 1.65. The van der Waals surface area contributed by atoms with E-state index in [1.165, 1.54) is 6.07 Å². The van der Waals surface area contributed by atoms with Crippen LogP contribution in [0, 0.1) is 6.92 Å². The molecule has 0 saturated heterocycles. The van der Waals surface area contributed by atoms with Crippen LogP contribution in [0.3, 0.4) is 0 Å². The molecule has 0 aliphatic carbocycles. The van der Waals surface area contributed by atoms with E-state index in [1.807, 2.05) is 25.1 Å². The number of hydrogen-bond acceptors (Lipinski definition) is 5. The Bertz CT molecular complexity index is 1120. The van der Waals surface area contributed by atoms with Crippen LogP contribution < -0.4 is 24.8 Å². The summed E-state index contributed by atoms with van der Waals surface area (Å²) in [6.45, 7) is 0.823. The summed E-state index contributed by atoms with van der Waals surface area (Å²) in [6.07, 6.45) is 0.853. The minimum absolute atomic E-state index is 0.0367. The minimum atomic E-state index is -2.94. The van der Waals surface area contributed by atoms with Crippen molar-refractivity contribution in [3.63, 3.8) is 0 Å². The standard InChI is InChI=1S/C22H25F2N5O3/c1-14-28-16-6-3-4-7-17(16)29(14)9-5-8-26-22(25-2)27-12-15-10-19-20(31-13-30-19)11-18(15)32-21(23)24/h3-4,6-7,10-11,21H,5,8-9,12-13H2,1-2H3,(H2,25,26,27). The third kappa shape index (κ3) is 4.84. The van der Waals surface area contributed by atoms with Gasteiger partial charge in [0.15, 0.2) is 17.5 Å². The average Bonchev–Trinajstić information content (AvgIpc) is 3.35. The lowest BCUT2D eigenvalue weighted by atomic mass is 10.1. The summed E-state index contributed by atoms with van der Waals surface area (Å²) in [5.41, 5.74) is 2.61. The zero-order valence-corrected chi connectivity index (χ0v) is 17.9. The number of aryl methyl sites for hydroxylation is 2. The molecule has 0 fully saturated rings. The molecule has 0 unspecified atom stereocenters. The predicted octanol–water partition coefficient (Wildman–Crippen LogP) is 3.43. The van der Waals surface area contributed by atoms with Crippen LogP contribution in [0.1, 0.15) is 17.8 Å². The number of alkyl halides is 2. The van der Waals surface area contributed by atoms with E-state index < -0.39 is 6.61 Å². The second-order valence-electron chi connectivity index (χ2n) is 7.20. The number of hydrogen-bond donors (Lipinski definition) is 2. The van der Waals surface area contributed by atoms with Crippen molar-refractivity contribution >= 4 is 17.0 Å². The van der Waals surface area contributed by atoms with E-state index in [1.54, 1.807) is 13.1 Å². The molecular formula is C22H25F2N5O3. The van der Waals surface area contributed by atoms with Crippen molar-refractivity contribution < 1.29 is 23.0 Å². The van der Waals surface area contributed by atoms with Crippen molar-refractivity contribution in [2.24, 2.45) is 4.99 Å². The second kappa shape index (κ2) is 9.71. The van der Waals surface area contributed by atoms with Gasteiger partial charge in [0.05, 0.1) is 11.0 Å². The third-order valence-corrected chi connectivity index (χ3v) is 5.14. The van der Waals surface area contributed by atoms with Gasteiger partial charge in [0, 0.05) is 38.3 Å². The molecule has 2 aromatic carbocycles. The Kier molecular flexibility index (Phi) is 6.58. The fourth-order valence-corrected chi connectivity index (χ4v) is 3.63. The van der Waals surface area contributed by atoms with Crippen molar-refractivity contribution in [3.05, 3.63) is 47.8 Å². The number of aliphatic imine (C=N–C) groups is 1. The Morgan fingerprint density at radius 1 is 1.22 bits per heavy atom. The van der Waals surface area contributed by atoms with Gasteiger partial charge in [-0.15, -0.1) is 0 Å². The highest BCUT2D eigenvalue weighted by atomic mass is 19.3. The highest BCUT2D eigenvalue weighted by Gasteiger charge is 2.20. The van der Waals surface area contributed by atoms with Crippen LogP contribution in [0.2, 0.25) is 0 Å². The Balaban J connectivity index is 1.32. The Morgan fingerprint density at radius 2 is 2.00 bits per heavy atom. The molecule has 3 aromatic rings. The minimum Gasteiger partial charge on any atom is -0.454 e. The maximum Gasteiger partial charge on any atom is 0.387 e. The summed E-state index contributed by atoms with van der Waals surface area (Å²) >= 11 is 0. The lowest BCUT2D eigenvalue weighted by Crippen LogP contribution is -2.37. The SMILES string of the molecule is CN=C(NCCCn1c(C)nc2ccccc21)NCc1cc2c(cc1OC(F)F)OCO2. The molecule has 1 aromatic heterocycles. The molecule has 1 aliphatic rings. The van der Waals surface area contributed by atoms with E-state index in [2.05, 4.69) is 36.0 Å².